The predicted octanol–water partition coefficient (Wildman–Crippen LogP) is 2.38. The Bertz CT molecular complexity index is 471. The molecule has 22 heavy (non-hydrogen) atoms. The zero-order valence-electron chi connectivity index (χ0n) is 14.5. The molecule has 3 rings (SSSR count). The van der Waals surface area contributed by atoms with Crippen LogP contribution in [0.15, 0.2) is 11.6 Å². The van der Waals surface area contributed by atoms with Crippen molar-refractivity contribution in [1.82, 2.24) is 19.7 Å². The van der Waals surface area contributed by atoms with Gasteiger partial charge >= 0.3 is 0 Å². The summed E-state index contributed by atoms with van der Waals surface area (Å²) in [5.41, 5.74) is 0.297. The van der Waals surface area contributed by atoms with Crippen molar-refractivity contribution in [2.45, 2.75) is 45.8 Å². The summed E-state index contributed by atoms with van der Waals surface area (Å²) in [6, 6.07) is 0.663. The molecule has 4 nitrogen and oxygen atoms in total. The molecule has 0 spiro atoms. The molecule has 1 unspecified atom stereocenters. The first-order valence-corrected chi connectivity index (χ1v) is 9.42. The lowest BCUT2D eigenvalue weighted by Gasteiger charge is -2.56. The molecule has 2 saturated heterocycles. The zero-order chi connectivity index (χ0) is 15.7. The quantitative estimate of drug-likeness (QED) is 0.849. The van der Waals surface area contributed by atoms with E-state index in [0.717, 1.165) is 12.5 Å². The number of fused-ring (bicyclic) bond motifs is 1. The largest absolute Gasteiger partial charge is 0.300 e. The van der Waals surface area contributed by atoms with E-state index in [-0.39, 0.29) is 0 Å². The van der Waals surface area contributed by atoms with Crippen LogP contribution in [0.3, 0.4) is 0 Å². The second-order valence-electron chi connectivity index (χ2n) is 7.91. The smallest absolute Gasteiger partial charge is 0.107 e. The van der Waals surface area contributed by atoms with Crippen LogP contribution in [0.2, 0.25) is 0 Å². The van der Waals surface area contributed by atoms with E-state index >= 15 is 0 Å². The van der Waals surface area contributed by atoms with E-state index in [0.29, 0.717) is 11.6 Å². The van der Waals surface area contributed by atoms with Crippen LogP contribution in [0.4, 0.5) is 0 Å². The van der Waals surface area contributed by atoms with Crippen LogP contribution < -0.4 is 0 Å². The highest BCUT2D eigenvalue weighted by molar-refractivity contribution is 7.09. The van der Waals surface area contributed by atoms with Crippen molar-refractivity contribution in [3.8, 4) is 0 Å². The van der Waals surface area contributed by atoms with Crippen LogP contribution in [0.25, 0.3) is 0 Å². The van der Waals surface area contributed by atoms with Gasteiger partial charge in [0.05, 0.1) is 6.54 Å². The lowest BCUT2D eigenvalue weighted by molar-refractivity contribution is -0.0683. The van der Waals surface area contributed by atoms with Gasteiger partial charge in [-0.1, -0.05) is 13.8 Å². The minimum atomic E-state index is 0.297. The van der Waals surface area contributed by atoms with Crippen molar-refractivity contribution in [2.24, 2.45) is 5.92 Å². The van der Waals surface area contributed by atoms with Crippen molar-refractivity contribution >= 4 is 11.3 Å². The van der Waals surface area contributed by atoms with Crippen molar-refractivity contribution in [1.29, 1.82) is 0 Å². The number of hydrogen-bond acceptors (Lipinski definition) is 5. The Morgan fingerprint density at radius 1 is 1.27 bits per heavy atom. The Labute approximate surface area is 139 Å². The van der Waals surface area contributed by atoms with Gasteiger partial charge in [0.15, 0.2) is 0 Å². The third kappa shape index (κ3) is 3.70. The van der Waals surface area contributed by atoms with Gasteiger partial charge < -0.3 is 0 Å². The molecule has 5 heteroatoms. The Kier molecular flexibility index (Phi) is 4.88. The third-order valence-electron chi connectivity index (χ3n) is 4.89. The summed E-state index contributed by atoms with van der Waals surface area (Å²) in [6.45, 7) is 17.7. The minimum absolute atomic E-state index is 0.297. The van der Waals surface area contributed by atoms with Gasteiger partial charge in [-0.3, -0.25) is 14.7 Å². The monoisotopic (exact) mass is 322 g/mol. The van der Waals surface area contributed by atoms with Crippen LogP contribution in [-0.2, 0) is 6.54 Å². The molecule has 1 aromatic rings. The maximum absolute atomic E-state index is 4.45. The molecular weight excluding hydrogens is 292 g/mol. The predicted molar refractivity (Wildman–Crippen MR) is 93.2 cm³/mol. The van der Waals surface area contributed by atoms with Gasteiger partial charge in [0, 0.05) is 62.4 Å². The molecule has 0 amide bonds. The van der Waals surface area contributed by atoms with Crippen molar-refractivity contribution in [2.75, 3.05) is 39.3 Å². The first-order valence-electron chi connectivity index (χ1n) is 8.54. The standard InChI is InChI=1S/C17H30N4S/c1-14(2)9-20-11-15-10-19(12-16-18-5-8-22-16)6-7-21(15)17(3,4)13-20/h5,8,14-15H,6-7,9-13H2,1-4H3. The van der Waals surface area contributed by atoms with Crippen LogP contribution >= 0.6 is 11.3 Å². The molecule has 2 aliphatic heterocycles. The first kappa shape index (κ1) is 16.4. The average Bonchev–Trinajstić information content (AvgIpc) is 2.89. The number of piperazine rings is 2. The fraction of sp³-hybridized carbons (Fsp3) is 0.824. The van der Waals surface area contributed by atoms with E-state index in [9.17, 15) is 0 Å². The van der Waals surface area contributed by atoms with E-state index in [4.69, 9.17) is 0 Å². The molecule has 1 aromatic heterocycles. The van der Waals surface area contributed by atoms with Gasteiger partial charge in [0.2, 0.25) is 0 Å². The molecule has 0 aromatic carbocycles. The Morgan fingerprint density at radius 3 is 2.73 bits per heavy atom. The Hall–Kier alpha value is -0.490. The van der Waals surface area contributed by atoms with E-state index in [1.165, 1.54) is 44.3 Å². The molecule has 2 fully saturated rings. The van der Waals surface area contributed by atoms with Crippen LogP contribution in [0.5, 0.6) is 0 Å². The first-order chi connectivity index (χ1) is 10.4. The van der Waals surface area contributed by atoms with Gasteiger partial charge in [-0.05, 0) is 19.8 Å². The van der Waals surface area contributed by atoms with Crippen molar-refractivity contribution in [3.05, 3.63) is 16.6 Å². The lowest BCUT2D eigenvalue weighted by atomic mass is 9.92. The summed E-state index contributed by atoms with van der Waals surface area (Å²) in [7, 11) is 0. The van der Waals surface area contributed by atoms with Crippen LogP contribution in [0.1, 0.15) is 32.7 Å². The van der Waals surface area contributed by atoms with Gasteiger partial charge in [-0.25, -0.2) is 4.98 Å². The number of nitrogens with zero attached hydrogens (tertiary/aromatic N) is 4. The van der Waals surface area contributed by atoms with Crippen molar-refractivity contribution < 1.29 is 0 Å². The molecule has 0 saturated carbocycles. The summed E-state index contributed by atoms with van der Waals surface area (Å²) in [5, 5.41) is 3.34. The Balaban J connectivity index is 1.65. The molecule has 0 N–H and O–H groups in total. The second kappa shape index (κ2) is 6.56. The SMILES string of the molecule is CC(C)CN1CC2CN(Cc3nccs3)CCN2C(C)(C)C1. The second-order valence-corrected chi connectivity index (χ2v) is 8.89. The van der Waals surface area contributed by atoms with Gasteiger partial charge in [-0.2, -0.15) is 0 Å². The zero-order valence-corrected chi connectivity index (χ0v) is 15.3. The van der Waals surface area contributed by atoms with E-state index in [2.05, 4.69) is 52.8 Å². The molecule has 0 bridgehead atoms. The fourth-order valence-electron chi connectivity index (χ4n) is 4.19. The fourth-order valence-corrected chi connectivity index (χ4v) is 4.85. The summed E-state index contributed by atoms with van der Waals surface area (Å²) in [5.74, 6) is 0.748. The Morgan fingerprint density at radius 2 is 2.05 bits per heavy atom. The highest BCUT2D eigenvalue weighted by Gasteiger charge is 2.42. The van der Waals surface area contributed by atoms with E-state index in [1.54, 1.807) is 11.3 Å². The van der Waals surface area contributed by atoms with Gasteiger partial charge in [0.25, 0.3) is 0 Å². The average molecular weight is 323 g/mol. The summed E-state index contributed by atoms with van der Waals surface area (Å²) in [6.07, 6.45) is 1.92. The number of hydrogen-bond donors (Lipinski definition) is 0. The van der Waals surface area contributed by atoms with E-state index < -0.39 is 0 Å². The number of thiazole rings is 1. The third-order valence-corrected chi connectivity index (χ3v) is 5.65. The van der Waals surface area contributed by atoms with Gasteiger partial charge in [-0.15, -0.1) is 11.3 Å². The maximum atomic E-state index is 4.45. The highest BCUT2D eigenvalue weighted by Crippen LogP contribution is 2.29. The number of aromatic nitrogens is 1. The van der Waals surface area contributed by atoms with Crippen LogP contribution in [0, 0.1) is 5.92 Å². The molecular formula is C17H30N4S. The molecule has 0 radical (unpaired) electrons. The molecule has 3 heterocycles. The molecule has 2 aliphatic rings. The summed E-state index contributed by atoms with van der Waals surface area (Å²) in [4.78, 5) is 12.5. The molecule has 1 atom stereocenters. The summed E-state index contributed by atoms with van der Waals surface area (Å²) >= 11 is 1.78. The summed E-state index contributed by atoms with van der Waals surface area (Å²) < 4.78 is 0. The lowest BCUT2D eigenvalue weighted by Crippen LogP contribution is -2.69. The number of rotatable bonds is 4. The van der Waals surface area contributed by atoms with Gasteiger partial charge in [0.1, 0.15) is 5.01 Å². The maximum Gasteiger partial charge on any atom is 0.107 e. The normalized spacial score (nSPS) is 27.2. The molecule has 0 aliphatic carbocycles. The highest BCUT2D eigenvalue weighted by atomic mass is 32.1. The molecule has 124 valence electrons. The van der Waals surface area contributed by atoms with Crippen LogP contribution in [-0.4, -0.2) is 70.5 Å². The minimum Gasteiger partial charge on any atom is -0.300 e. The van der Waals surface area contributed by atoms with Crippen molar-refractivity contribution in [3.63, 3.8) is 0 Å². The van der Waals surface area contributed by atoms with E-state index in [1.807, 2.05) is 6.20 Å². The topological polar surface area (TPSA) is 22.6 Å².